The molecule has 0 aliphatic carbocycles. The number of hydrogen-bond acceptors (Lipinski definition) is 3. The number of nitrogens with one attached hydrogen (secondary N) is 1. The van der Waals surface area contributed by atoms with Crippen molar-refractivity contribution in [2.45, 2.75) is 25.8 Å². The van der Waals surface area contributed by atoms with Crippen LogP contribution in [0.25, 0.3) is 0 Å². The van der Waals surface area contributed by atoms with Gasteiger partial charge in [-0.25, -0.2) is 0 Å². The van der Waals surface area contributed by atoms with E-state index >= 15 is 0 Å². The number of ether oxygens (including phenoxy) is 1. The predicted octanol–water partition coefficient (Wildman–Crippen LogP) is 1.68. The SMILES string of the molecule is CCOCC1(C)NCCc2ccoc21. The van der Waals surface area contributed by atoms with Crippen LogP contribution in [0.5, 0.6) is 0 Å². The molecule has 1 atom stereocenters. The molecule has 3 heteroatoms. The van der Waals surface area contributed by atoms with Crippen LogP contribution < -0.4 is 5.32 Å². The summed E-state index contributed by atoms with van der Waals surface area (Å²) in [6, 6.07) is 2.06. The van der Waals surface area contributed by atoms with Crippen LogP contribution in [0.15, 0.2) is 16.7 Å². The Morgan fingerprint density at radius 2 is 2.50 bits per heavy atom. The van der Waals surface area contributed by atoms with Crippen LogP contribution in [-0.2, 0) is 16.7 Å². The first kappa shape index (κ1) is 9.74. The van der Waals surface area contributed by atoms with E-state index in [1.54, 1.807) is 6.26 Å². The van der Waals surface area contributed by atoms with E-state index in [1.165, 1.54) is 5.56 Å². The fourth-order valence-electron chi connectivity index (χ4n) is 1.99. The lowest BCUT2D eigenvalue weighted by atomic mass is 9.91. The van der Waals surface area contributed by atoms with Crippen molar-refractivity contribution in [2.24, 2.45) is 0 Å². The summed E-state index contributed by atoms with van der Waals surface area (Å²) < 4.78 is 11.0. The van der Waals surface area contributed by atoms with Gasteiger partial charge in [-0.15, -0.1) is 0 Å². The molecular weight excluding hydrogens is 178 g/mol. The lowest BCUT2D eigenvalue weighted by Gasteiger charge is -2.33. The molecule has 0 fully saturated rings. The van der Waals surface area contributed by atoms with Gasteiger partial charge in [-0.3, -0.25) is 0 Å². The molecule has 2 rings (SSSR count). The zero-order valence-corrected chi connectivity index (χ0v) is 8.80. The molecule has 3 nitrogen and oxygen atoms in total. The first-order chi connectivity index (χ1) is 6.76. The van der Waals surface area contributed by atoms with Crippen molar-refractivity contribution in [1.29, 1.82) is 0 Å². The molecular formula is C11H17NO2. The molecule has 1 aliphatic rings. The molecule has 1 aliphatic heterocycles. The van der Waals surface area contributed by atoms with E-state index in [0.29, 0.717) is 6.61 Å². The Hall–Kier alpha value is -0.800. The molecule has 1 N–H and O–H groups in total. The van der Waals surface area contributed by atoms with E-state index in [2.05, 4.69) is 18.3 Å². The third-order valence-corrected chi connectivity index (χ3v) is 2.75. The molecule has 14 heavy (non-hydrogen) atoms. The van der Waals surface area contributed by atoms with Gasteiger partial charge in [-0.2, -0.15) is 0 Å². The van der Waals surface area contributed by atoms with Crippen LogP contribution in [0.1, 0.15) is 25.2 Å². The summed E-state index contributed by atoms with van der Waals surface area (Å²) in [4.78, 5) is 0. The average Bonchev–Trinajstić information content (AvgIpc) is 2.65. The molecule has 0 spiro atoms. The fourth-order valence-corrected chi connectivity index (χ4v) is 1.99. The standard InChI is InChI=1S/C11H17NO2/c1-3-13-8-11(2)10-9(4-6-12-11)5-7-14-10/h5,7,12H,3-4,6,8H2,1-2H3. The average molecular weight is 195 g/mol. The zero-order valence-electron chi connectivity index (χ0n) is 8.80. The maximum absolute atomic E-state index is 5.53. The first-order valence-corrected chi connectivity index (χ1v) is 5.16. The van der Waals surface area contributed by atoms with Crippen molar-refractivity contribution < 1.29 is 9.15 Å². The highest BCUT2D eigenvalue weighted by molar-refractivity contribution is 5.27. The Balaban J connectivity index is 2.21. The molecule has 1 aromatic heterocycles. The van der Waals surface area contributed by atoms with Gasteiger partial charge in [0, 0.05) is 13.2 Å². The van der Waals surface area contributed by atoms with Crippen molar-refractivity contribution in [2.75, 3.05) is 19.8 Å². The van der Waals surface area contributed by atoms with E-state index in [9.17, 15) is 0 Å². The van der Waals surface area contributed by atoms with Crippen molar-refractivity contribution in [3.05, 3.63) is 23.7 Å². The highest BCUT2D eigenvalue weighted by Crippen LogP contribution is 2.29. The zero-order chi connectivity index (χ0) is 10.0. The van der Waals surface area contributed by atoms with Gasteiger partial charge in [-0.05, 0) is 31.9 Å². The Bertz CT molecular complexity index is 308. The number of hydrogen-bond donors (Lipinski definition) is 1. The maximum atomic E-state index is 5.53. The molecule has 0 saturated carbocycles. The molecule has 0 aromatic carbocycles. The molecule has 2 heterocycles. The topological polar surface area (TPSA) is 34.4 Å². The Morgan fingerprint density at radius 1 is 1.64 bits per heavy atom. The van der Waals surface area contributed by atoms with Gasteiger partial charge >= 0.3 is 0 Å². The van der Waals surface area contributed by atoms with Crippen LogP contribution in [0.2, 0.25) is 0 Å². The molecule has 0 radical (unpaired) electrons. The second kappa shape index (κ2) is 3.75. The summed E-state index contributed by atoms with van der Waals surface area (Å²) in [6.45, 7) is 6.55. The highest BCUT2D eigenvalue weighted by Gasteiger charge is 2.34. The quantitative estimate of drug-likeness (QED) is 0.796. The number of furan rings is 1. The van der Waals surface area contributed by atoms with Crippen LogP contribution in [0.3, 0.4) is 0 Å². The largest absolute Gasteiger partial charge is 0.467 e. The normalized spacial score (nSPS) is 26.1. The van der Waals surface area contributed by atoms with Crippen LogP contribution in [-0.4, -0.2) is 19.8 Å². The Labute approximate surface area is 84.4 Å². The van der Waals surface area contributed by atoms with E-state index in [1.807, 2.05) is 6.92 Å². The third kappa shape index (κ3) is 1.57. The molecule has 0 bridgehead atoms. The second-order valence-corrected chi connectivity index (χ2v) is 3.92. The van der Waals surface area contributed by atoms with Crippen molar-refractivity contribution in [3.63, 3.8) is 0 Å². The highest BCUT2D eigenvalue weighted by atomic mass is 16.5. The van der Waals surface area contributed by atoms with Gasteiger partial charge in [0.25, 0.3) is 0 Å². The van der Waals surface area contributed by atoms with E-state index < -0.39 is 0 Å². The van der Waals surface area contributed by atoms with Gasteiger partial charge in [0.15, 0.2) is 0 Å². The van der Waals surface area contributed by atoms with Crippen LogP contribution >= 0.6 is 0 Å². The van der Waals surface area contributed by atoms with Crippen molar-refractivity contribution in [1.82, 2.24) is 5.32 Å². The molecule has 0 amide bonds. The lowest BCUT2D eigenvalue weighted by Crippen LogP contribution is -2.47. The summed E-state index contributed by atoms with van der Waals surface area (Å²) in [6.07, 6.45) is 2.81. The minimum absolute atomic E-state index is 0.146. The summed E-state index contributed by atoms with van der Waals surface area (Å²) in [5.41, 5.74) is 1.17. The maximum Gasteiger partial charge on any atom is 0.129 e. The first-order valence-electron chi connectivity index (χ1n) is 5.16. The van der Waals surface area contributed by atoms with E-state index in [0.717, 1.165) is 25.3 Å². The number of rotatable bonds is 3. The molecule has 0 saturated heterocycles. The van der Waals surface area contributed by atoms with Gasteiger partial charge in [-0.1, -0.05) is 0 Å². The second-order valence-electron chi connectivity index (χ2n) is 3.92. The van der Waals surface area contributed by atoms with Gasteiger partial charge < -0.3 is 14.5 Å². The minimum atomic E-state index is -0.146. The Kier molecular flexibility index (Phi) is 2.61. The fraction of sp³-hybridized carbons (Fsp3) is 0.636. The van der Waals surface area contributed by atoms with Gasteiger partial charge in [0.1, 0.15) is 5.76 Å². The number of fused-ring (bicyclic) bond motifs is 1. The monoisotopic (exact) mass is 195 g/mol. The molecule has 1 unspecified atom stereocenters. The third-order valence-electron chi connectivity index (χ3n) is 2.75. The molecule has 78 valence electrons. The summed E-state index contributed by atoms with van der Waals surface area (Å²) >= 11 is 0. The lowest BCUT2D eigenvalue weighted by molar-refractivity contribution is 0.0686. The minimum Gasteiger partial charge on any atom is -0.467 e. The van der Waals surface area contributed by atoms with Gasteiger partial charge in [0.05, 0.1) is 18.4 Å². The van der Waals surface area contributed by atoms with E-state index in [4.69, 9.17) is 9.15 Å². The summed E-state index contributed by atoms with van der Waals surface area (Å²) in [5, 5.41) is 3.45. The van der Waals surface area contributed by atoms with Crippen molar-refractivity contribution in [3.8, 4) is 0 Å². The summed E-state index contributed by atoms with van der Waals surface area (Å²) in [7, 11) is 0. The van der Waals surface area contributed by atoms with Crippen LogP contribution in [0, 0.1) is 0 Å². The Morgan fingerprint density at radius 3 is 3.29 bits per heavy atom. The van der Waals surface area contributed by atoms with E-state index in [-0.39, 0.29) is 5.54 Å². The molecule has 1 aromatic rings. The smallest absolute Gasteiger partial charge is 0.129 e. The summed E-state index contributed by atoms with van der Waals surface area (Å²) in [5.74, 6) is 1.04. The van der Waals surface area contributed by atoms with Gasteiger partial charge in [0.2, 0.25) is 0 Å². The van der Waals surface area contributed by atoms with Crippen LogP contribution in [0.4, 0.5) is 0 Å². The predicted molar refractivity (Wildman–Crippen MR) is 54.3 cm³/mol. The van der Waals surface area contributed by atoms with Crippen molar-refractivity contribution >= 4 is 0 Å².